The van der Waals surface area contributed by atoms with Crippen LogP contribution in [0.5, 0.6) is 0 Å². The predicted molar refractivity (Wildman–Crippen MR) is 87.2 cm³/mol. The van der Waals surface area contributed by atoms with Gasteiger partial charge in [0.1, 0.15) is 11.6 Å². The smallest absolute Gasteiger partial charge is 0.128 e. The summed E-state index contributed by atoms with van der Waals surface area (Å²) < 4.78 is 16.8. The van der Waals surface area contributed by atoms with Crippen molar-refractivity contribution in [3.8, 4) is 0 Å². The number of nitrogens with zero attached hydrogens (tertiary/aromatic N) is 2. The lowest BCUT2D eigenvalue weighted by Crippen LogP contribution is -2.04. The van der Waals surface area contributed by atoms with Crippen LogP contribution in [-0.4, -0.2) is 9.55 Å². The van der Waals surface area contributed by atoms with E-state index in [2.05, 4.69) is 27.0 Å². The lowest BCUT2D eigenvalue weighted by atomic mass is 10.2. The highest BCUT2D eigenvalue weighted by atomic mass is 79.9. The van der Waals surface area contributed by atoms with Gasteiger partial charge in [0.15, 0.2) is 0 Å². The maximum Gasteiger partial charge on any atom is 0.128 e. The van der Waals surface area contributed by atoms with E-state index in [1.807, 2.05) is 28.8 Å². The van der Waals surface area contributed by atoms with Gasteiger partial charge < -0.3 is 4.57 Å². The van der Waals surface area contributed by atoms with E-state index in [-0.39, 0.29) is 5.82 Å². The van der Waals surface area contributed by atoms with Crippen molar-refractivity contribution in [2.24, 2.45) is 0 Å². The van der Waals surface area contributed by atoms with Gasteiger partial charge in [-0.15, -0.1) is 11.6 Å². The van der Waals surface area contributed by atoms with Gasteiger partial charge >= 0.3 is 0 Å². The molecule has 0 aliphatic heterocycles. The predicted octanol–water partition coefficient (Wildman–Crippen LogP) is 5.03. The molecule has 0 amide bonds. The van der Waals surface area contributed by atoms with E-state index in [1.165, 1.54) is 6.07 Å². The van der Waals surface area contributed by atoms with Crippen molar-refractivity contribution in [2.45, 2.75) is 19.3 Å². The molecule has 0 saturated carbocycles. The summed E-state index contributed by atoms with van der Waals surface area (Å²) in [4.78, 5) is 4.43. The van der Waals surface area contributed by atoms with Gasteiger partial charge in [0, 0.05) is 17.1 Å². The fraction of sp³-hybridized carbons (Fsp3) is 0.188. The maximum atomic E-state index is 13.7. The van der Waals surface area contributed by atoms with Crippen molar-refractivity contribution in [2.75, 3.05) is 0 Å². The number of hydrogen-bond acceptors (Lipinski definition) is 1. The Balaban J connectivity index is 2.14. The minimum absolute atomic E-state index is 0.240. The molecule has 21 heavy (non-hydrogen) atoms. The van der Waals surface area contributed by atoms with E-state index in [0.29, 0.717) is 23.5 Å². The van der Waals surface area contributed by atoms with Gasteiger partial charge in [-0.1, -0.05) is 28.1 Å². The summed E-state index contributed by atoms with van der Waals surface area (Å²) in [6, 6.07) is 11.4. The SMILES string of the molecule is Cc1cc2c(cc1F)nc(CCl)n2Cc1cccc(Br)c1. The fourth-order valence-corrected chi connectivity index (χ4v) is 3.05. The van der Waals surface area contributed by atoms with Gasteiger partial charge in [-0.2, -0.15) is 0 Å². The van der Waals surface area contributed by atoms with E-state index in [1.54, 1.807) is 6.92 Å². The van der Waals surface area contributed by atoms with Crippen LogP contribution < -0.4 is 0 Å². The van der Waals surface area contributed by atoms with Gasteiger partial charge in [0.05, 0.1) is 16.9 Å². The second-order valence-electron chi connectivity index (χ2n) is 4.97. The lowest BCUT2D eigenvalue weighted by molar-refractivity contribution is 0.620. The van der Waals surface area contributed by atoms with Crippen molar-refractivity contribution < 1.29 is 4.39 Å². The summed E-state index contributed by atoms with van der Waals surface area (Å²) in [7, 11) is 0. The molecule has 0 spiro atoms. The average Bonchev–Trinajstić information content (AvgIpc) is 2.77. The van der Waals surface area contributed by atoms with Crippen LogP contribution in [0, 0.1) is 12.7 Å². The average molecular weight is 368 g/mol. The first-order valence-corrected chi connectivity index (χ1v) is 7.87. The van der Waals surface area contributed by atoms with E-state index in [0.717, 1.165) is 21.4 Å². The van der Waals surface area contributed by atoms with Crippen molar-refractivity contribution in [1.82, 2.24) is 9.55 Å². The number of rotatable bonds is 3. The number of imidazole rings is 1. The highest BCUT2D eigenvalue weighted by molar-refractivity contribution is 9.10. The van der Waals surface area contributed by atoms with E-state index < -0.39 is 0 Å². The fourth-order valence-electron chi connectivity index (χ4n) is 2.40. The Morgan fingerprint density at radius 3 is 2.81 bits per heavy atom. The van der Waals surface area contributed by atoms with Crippen LogP contribution >= 0.6 is 27.5 Å². The molecule has 1 aromatic heterocycles. The van der Waals surface area contributed by atoms with Gasteiger partial charge in [-0.3, -0.25) is 0 Å². The number of hydrogen-bond donors (Lipinski definition) is 0. The first-order valence-electron chi connectivity index (χ1n) is 6.54. The summed E-state index contributed by atoms with van der Waals surface area (Å²) in [5.74, 6) is 0.802. The number of aryl methyl sites for hydroxylation is 1. The Kier molecular flexibility index (Phi) is 4.00. The zero-order chi connectivity index (χ0) is 15.0. The van der Waals surface area contributed by atoms with Crippen molar-refractivity contribution in [3.05, 3.63) is 63.6 Å². The molecule has 2 nitrogen and oxygen atoms in total. The number of aromatic nitrogens is 2. The Hall–Kier alpha value is -1.39. The Morgan fingerprint density at radius 1 is 1.29 bits per heavy atom. The maximum absolute atomic E-state index is 13.7. The standard InChI is InChI=1S/C16H13BrClFN2/c1-10-5-15-14(7-13(10)19)20-16(8-18)21(15)9-11-3-2-4-12(17)6-11/h2-7H,8-9H2,1H3. The molecule has 0 radical (unpaired) electrons. The minimum Gasteiger partial charge on any atom is -0.322 e. The summed E-state index contributed by atoms with van der Waals surface area (Å²) in [5.41, 5.74) is 3.30. The van der Waals surface area contributed by atoms with Gasteiger partial charge in [-0.25, -0.2) is 9.37 Å². The van der Waals surface area contributed by atoms with Crippen molar-refractivity contribution in [1.29, 1.82) is 0 Å². The quantitative estimate of drug-likeness (QED) is 0.593. The molecule has 0 saturated heterocycles. The van der Waals surface area contributed by atoms with Crippen LogP contribution in [0.2, 0.25) is 0 Å². The third-order valence-corrected chi connectivity index (χ3v) is 4.19. The molecule has 2 aromatic carbocycles. The highest BCUT2D eigenvalue weighted by Gasteiger charge is 2.12. The third kappa shape index (κ3) is 2.83. The minimum atomic E-state index is -0.240. The second-order valence-corrected chi connectivity index (χ2v) is 6.15. The summed E-state index contributed by atoms with van der Waals surface area (Å²) in [5, 5.41) is 0. The first kappa shape index (κ1) is 14.5. The zero-order valence-electron chi connectivity index (χ0n) is 11.4. The second kappa shape index (κ2) is 5.78. The first-order chi connectivity index (χ1) is 10.1. The molecule has 0 bridgehead atoms. The molecular formula is C16H13BrClFN2. The molecule has 0 atom stereocenters. The number of fused-ring (bicyclic) bond motifs is 1. The van der Waals surface area contributed by atoms with E-state index >= 15 is 0 Å². The number of halogens is 3. The van der Waals surface area contributed by atoms with Crippen LogP contribution in [0.25, 0.3) is 11.0 Å². The summed E-state index contributed by atoms with van der Waals surface area (Å²) >= 11 is 9.47. The van der Waals surface area contributed by atoms with Gasteiger partial charge in [0.2, 0.25) is 0 Å². The van der Waals surface area contributed by atoms with Crippen molar-refractivity contribution >= 4 is 38.6 Å². The Morgan fingerprint density at radius 2 is 2.10 bits per heavy atom. The molecule has 108 valence electrons. The topological polar surface area (TPSA) is 17.8 Å². The van der Waals surface area contributed by atoms with Gasteiger partial charge in [-0.05, 0) is 36.2 Å². The van der Waals surface area contributed by atoms with E-state index in [4.69, 9.17) is 11.6 Å². The molecule has 0 unspecified atom stereocenters. The van der Waals surface area contributed by atoms with Crippen LogP contribution in [0.3, 0.4) is 0 Å². The Bertz CT molecular complexity index is 813. The molecule has 0 aliphatic rings. The van der Waals surface area contributed by atoms with Crippen LogP contribution in [-0.2, 0) is 12.4 Å². The molecule has 1 heterocycles. The summed E-state index contributed by atoms with van der Waals surface area (Å²) in [6.07, 6.45) is 0. The molecule has 5 heteroatoms. The molecule has 0 aliphatic carbocycles. The molecule has 3 aromatic rings. The van der Waals surface area contributed by atoms with E-state index in [9.17, 15) is 4.39 Å². The largest absolute Gasteiger partial charge is 0.322 e. The highest BCUT2D eigenvalue weighted by Crippen LogP contribution is 2.23. The molecule has 0 fully saturated rings. The molecular weight excluding hydrogens is 355 g/mol. The van der Waals surface area contributed by atoms with Crippen molar-refractivity contribution in [3.63, 3.8) is 0 Å². The Labute approximate surface area is 135 Å². The molecule has 0 N–H and O–H groups in total. The number of alkyl halides is 1. The lowest BCUT2D eigenvalue weighted by Gasteiger charge is -2.09. The number of benzene rings is 2. The van der Waals surface area contributed by atoms with Crippen LogP contribution in [0.4, 0.5) is 4.39 Å². The zero-order valence-corrected chi connectivity index (χ0v) is 13.7. The third-order valence-electron chi connectivity index (χ3n) is 3.46. The molecule has 3 rings (SSSR count). The van der Waals surface area contributed by atoms with Crippen LogP contribution in [0.15, 0.2) is 40.9 Å². The monoisotopic (exact) mass is 366 g/mol. The summed E-state index contributed by atoms with van der Waals surface area (Å²) in [6.45, 7) is 2.41. The normalized spacial score (nSPS) is 11.2. The van der Waals surface area contributed by atoms with Crippen LogP contribution in [0.1, 0.15) is 17.0 Å². The van der Waals surface area contributed by atoms with Gasteiger partial charge in [0.25, 0.3) is 0 Å².